The minimum Gasteiger partial charge on any atom is -0.481 e. The number of rotatable bonds is 10. The Morgan fingerprint density at radius 1 is 1.00 bits per heavy atom. The lowest BCUT2D eigenvalue weighted by Gasteiger charge is -2.22. The van der Waals surface area contributed by atoms with Crippen molar-refractivity contribution in [1.29, 1.82) is 0 Å². The van der Waals surface area contributed by atoms with E-state index in [1.807, 2.05) is 50.2 Å². The Kier molecular flexibility index (Phi) is 8.02. The molecule has 3 heterocycles. The number of ether oxygens (including phenoxy) is 2. The Morgan fingerprint density at radius 2 is 1.68 bits per heavy atom. The fraction of sp³-hybridized carbons (Fsp3) is 0.346. The molecule has 4 aromatic rings. The molecule has 0 fully saturated rings. The molecule has 4 rings (SSSR count). The standard InChI is InChI=1S/C26H31N7O4S/c1-17-14-27-25(28-15-17)24(37-6)18(2)38(34,35)16-22-30-31-26(21-8-7-9-23(29-21)36-5)33(22)20-12-10-19(11-13-20)32(3)4/h7-15,18,24H,16H2,1-6H3/t18-,24-/m0/s1. The largest absolute Gasteiger partial charge is 0.481 e. The van der Waals surface area contributed by atoms with Crippen LogP contribution in [0, 0.1) is 6.92 Å². The van der Waals surface area contributed by atoms with Gasteiger partial charge < -0.3 is 14.4 Å². The number of hydrogen-bond acceptors (Lipinski definition) is 10. The zero-order valence-electron chi connectivity index (χ0n) is 22.2. The topological polar surface area (TPSA) is 125 Å². The van der Waals surface area contributed by atoms with Crippen LogP contribution in [0.4, 0.5) is 5.69 Å². The number of methoxy groups -OCH3 is 2. The Morgan fingerprint density at radius 3 is 2.29 bits per heavy atom. The maximum absolute atomic E-state index is 13.7. The van der Waals surface area contributed by atoms with Crippen LogP contribution in [0.25, 0.3) is 17.2 Å². The lowest BCUT2D eigenvalue weighted by molar-refractivity contribution is 0.0947. The molecule has 0 aliphatic heterocycles. The highest BCUT2D eigenvalue weighted by Gasteiger charge is 2.34. The predicted octanol–water partition coefficient (Wildman–Crippen LogP) is 3.19. The van der Waals surface area contributed by atoms with Gasteiger partial charge in [-0.2, -0.15) is 0 Å². The summed E-state index contributed by atoms with van der Waals surface area (Å²) in [6, 6.07) is 12.9. The number of aromatic nitrogens is 6. The third-order valence-electron chi connectivity index (χ3n) is 6.15. The van der Waals surface area contributed by atoms with Crippen LogP contribution in [-0.2, 0) is 20.3 Å². The van der Waals surface area contributed by atoms with Gasteiger partial charge in [-0.05, 0) is 49.7 Å². The van der Waals surface area contributed by atoms with E-state index in [2.05, 4.69) is 25.1 Å². The first kappa shape index (κ1) is 27.1. The van der Waals surface area contributed by atoms with Gasteiger partial charge in [-0.15, -0.1) is 10.2 Å². The third kappa shape index (κ3) is 5.65. The number of sulfone groups is 1. The number of pyridine rings is 1. The van der Waals surface area contributed by atoms with E-state index in [-0.39, 0.29) is 11.6 Å². The Labute approximate surface area is 222 Å². The van der Waals surface area contributed by atoms with Gasteiger partial charge in [-0.1, -0.05) is 6.07 Å². The molecule has 1 aromatic carbocycles. The Bertz CT molecular complexity index is 1490. The maximum atomic E-state index is 13.7. The summed E-state index contributed by atoms with van der Waals surface area (Å²) in [6.07, 6.45) is 2.42. The van der Waals surface area contributed by atoms with Gasteiger partial charge in [0.2, 0.25) is 5.88 Å². The molecule has 0 saturated heterocycles. The number of anilines is 1. The highest BCUT2D eigenvalue weighted by molar-refractivity contribution is 7.91. The fourth-order valence-corrected chi connectivity index (χ4v) is 5.38. The highest BCUT2D eigenvalue weighted by Crippen LogP contribution is 2.29. The first-order valence-electron chi connectivity index (χ1n) is 11.9. The van der Waals surface area contributed by atoms with E-state index in [0.717, 1.165) is 11.3 Å². The van der Waals surface area contributed by atoms with E-state index in [0.29, 0.717) is 28.9 Å². The van der Waals surface area contributed by atoms with Gasteiger partial charge in [-0.3, -0.25) is 4.57 Å². The monoisotopic (exact) mass is 537 g/mol. The first-order chi connectivity index (χ1) is 18.1. The molecule has 11 nitrogen and oxygen atoms in total. The van der Waals surface area contributed by atoms with Gasteiger partial charge in [0.25, 0.3) is 0 Å². The molecule has 12 heteroatoms. The summed E-state index contributed by atoms with van der Waals surface area (Å²) in [7, 11) is 3.07. The Balaban J connectivity index is 1.76. The van der Waals surface area contributed by atoms with Gasteiger partial charge >= 0.3 is 0 Å². The second-order valence-corrected chi connectivity index (χ2v) is 11.4. The molecule has 0 unspecified atom stereocenters. The summed E-state index contributed by atoms with van der Waals surface area (Å²) in [5, 5.41) is 7.68. The smallest absolute Gasteiger partial charge is 0.213 e. The summed E-state index contributed by atoms with van der Waals surface area (Å²) in [5.74, 6) is 0.963. The van der Waals surface area contributed by atoms with E-state index in [1.165, 1.54) is 14.2 Å². The normalized spacial score (nSPS) is 13.2. The average molecular weight is 538 g/mol. The van der Waals surface area contributed by atoms with Crippen LogP contribution >= 0.6 is 0 Å². The molecular weight excluding hydrogens is 506 g/mol. The van der Waals surface area contributed by atoms with Crippen molar-refractivity contribution in [2.45, 2.75) is 31.0 Å². The summed E-state index contributed by atoms with van der Waals surface area (Å²) in [4.78, 5) is 15.0. The summed E-state index contributed by atoms with van der Waals surface area (Å²) < 4.78 is 39.8. The number of benzene rings is 1. The van der Waals surface area contributed by atoms with Crippen LogP contribution in [-0.4, -0.2) is 71.7 Å². The van der Waals surface area contributed by atoms with Crippen LogP contribution in [0.2, 0.25) is 0 Å². The second kappa shape index (κ2) is 11.2. The molecule has 0 radical (unpaired) electrons. The molecule has 0 bridgehead atoms. The van der Waals surface area contributed by atoms with E-state index in [9.17, 15) is 8.42 Å². The van der Waals surface area contributed by atoms with Gasteiger partial charge in [-0.25, -0.2) is 23.4 Å². The third-order valence-corrected chi connectivity index (χ3v) is 8.19. The molecule has 0 saturated carbocycles. The van der Waals surface area contributed by atoms with Gasteiger partial charge in [0.1, 0.15) is 17.6 Å². The zero-order valence-corrected chi connectivity index (χ0v) is 23.0. The lowest BCUT2D eigenvalue weighted by atomic mass is 10.2. The molecule has 200 valence electrons. The second-order valence-electron chi connectivity index (χ2n) is 9.04. The minimum absolute atomic E-state index is 0.244. The zero-order chi connectivity index (χ0) is 27.4. The summed E-state index contributed by atoms with van der Waals surface area (Å²) >= 11 is 0. The first-order valence-corrected chi connectivity index (χ1v) is 13.6. The van der Waals surface area contributed by atoms with Gasteiger partial charge in [0.15, 0.2) is 27.3 Å². The molecule has 0 aliphatic carbocycles. The highest BCUT2D eigenvalue weighted by atomic mass is 32.2. The van der Waals surface area contributed by atoms with E-state index in [4.69, 9.17) is 9.47 Å². The number of nitrogens with zero attached hydrogens (tertiary/aromatic N) is 7. The van der Waals surface area contributed by atoms with Crippen LogP contribution in [0.5, 0.6) is 5.88 Å². The number of aryl methyl sites for hydroxylation is 1. The van der Waals surface area contributed by atoms with Gasteiger partial charge in [0, 0.05) is 51.0 Å². The molecule has 0 amide bonds. The fourth-order valence-electron chi connectivity index (χ4n) is 3.96. The van der Waals surface area contributed by atoms with Crippen molar-refractivity contribution in [1.82, 2.24) is 29.7 Å². The van der Waals surface area contributed by atoms with E-state index < -0.39 is 21.2 Å². The molecule has 2 atom stereocenters. The molecular formula is C26H31N7O4S. The van der Waals surface area contributed by atoms with E-state index >= 15 is 0 Å². The number of hydrogen-bond donors (Lipinski definition) is 0. The van der Waals surface area contributed by atoms with Crippen LogP contribution in [0.15, 0.2) is 54.9 Å². The van der Waals surface area contributed by atoms with Gasteiger partial charge in [0.05, 0.1) is 12.4 Å². The van der Waals surface area contributed by atoms with Crippen molar-refractivity contribution in [2.75, 3.05) is 33.2 Å². The van der Waals surface area contributed by atoms with Crippen molar-refractivity contribution >= 4 is 15.5 Å². The molecule has 0 spiro atoms. The lowest BCUT2D eigenvalue weighted by Crippen LogP contribution is -2.30. The SMILES string of the molecule is COc1cccc(-c2nnc(CS(=O)(=O)[C@@H](C)[C@H](OC)c3ncc(C)cn3)n2-c2ccc(N(C)C)cc2)n1. The molecule has 0 N–H and O–H groups in total. The summed E-state index contributed by atoms with van der Waals surface area (Å²) in [6.45, 7) is 3.45. The molecule has 38 heavy (non-hydrogen) atoms. The van der Waals surface area contributed by atoms with Crippen molar-refractivity contribution in [3.63, 3.8) is 0 Å². The van der Waals surface area contributed by atoms with E-state index in [1.54, 1.807) is 42.1 Å². The summed E-state index contributed by atoms with van der Waals surface area (Å²) in [5.41, 5.74) is 3.05. The van der Waals surface area contributed by atoms with Crippen molar-refractivity contribution < 1.29 is 17.9 Å². The van der Waals surface area contributed by atoms with Crippen LogP contribution in [0.1, 0.15) is 30.2 Å². The average Bonchev–Trinajstić information content (AvgIpc) is 3.32. The minimum atomic E-state index is -3.80. The maximum Gasteiger partial charge on any atom is 0.213 e. The van der Waals surface area contributed by atoms with Crippen LogP contribution < -0.4 is 9.64 Å². The van der Waals surface area contributed by atoms with Crippen LogP contribution in [0.3, 0.4) is 0 Å². The molecule has 3 aromatic heterocycles. The van der Waals surface area contributed by atoms with Crippen molar-refractivity contribution in [3.8, 4) is 23.1 Å². The quantitative estimate of drug-likeness (QED) is 0.298. The van der Waals surface area contributed by atoms with Crippen molar-refractivity contribution in [3.05, 3.63) is 72.1 Å². The molecule has 0 aliphatic rings. The van der Waals surface area contributed by atoms with Crippen molar-refractivity contribution in [2.24, 2.45) is 0 Å². The predicted molar refractivity (Wildman–Crippen MR) is 144 cm³/mol. The Hall–Kier alpha value is -3.90.